The summed E-state index contributed by atoms with van der Waals surface area (Å²) in [6.45, 7) is 0. The van der Waals surface area contributed by atoms with Gasteiger partial charge >= 0.3 is 5.97 Å². The van der Waals surface area contributed by atoms with Gasteiger partial charge in [0.05, 0.1) is 6.20 Å². The number of carboxylic acid groups (broad SMARTS) is 1. The minimum Gasteiger partial charge on any atom is -0.480 e. The van der Waals surface area contributed by atoms with E-state index in [0.717, 1.165) is 25.0 Å². The first kappa shape index (κ1) is 13.4. The lowest BCUT2D eigenvalue weighted by Crippen LogP contribution is -2.53. The number of nitrogens with zero attached hydrogens (tertiary/aromatic N) is 1. The zero-order valence-corrected chi connectivity index (χ0v) is 11.2. The molecule has 1 aromatic rings. The molecule has 1 aliphatic rings. The van der Waals surface area contributed by atoms with Crippen LogP contribution in [0.3, 0.4) is 0 Å². The predicted octanol–water partition coefficient (Wildman–Crippen LogP) is 2.00. The minimum absolute atomic E-state index is 0.183. The van der Waals surface area contributed by atoms with Gasteiger partial charge < -0.3 is 14.8 Å². The van der Waals surface area contributed by atoms with Gasteiger partial charge in [0.1, 0.15) is 11.8 Å². The SMILES string of the molecule is CNC1(C(=O)O)CCCC1CCSc1ncco1. The molecule has 100 valence electrons. The van der Waals surface area contributed by atoms with Crippen LogP contribution in [-0.4, -0.2) is 34.4 Å². The number of oxazole rings is 1. The molecule has 2 atom stereocenters. The van der Waals surface area contributed by atoms with E-state index in [1.54, 1.807) is 19.5 Å². The molecule has 1 aromatic heterocycles. The molecular weight excluding hydrogens is 252 g/mol. The van der Waals surface area contributed by atoms with Gasteiger partial charge in [-0.1, -0.05) is 18.2 Å². The minimum atomic E-state index is -0.739. The third-order valence-electron chi connectivity index (χ3n) is 3.75. The normalized spacial score (nSPS) is 27.5. The van der Waals surface area contributed by atoms with Gasteiger partial charge in [-0.05, 0) is 32.2 Å². The topological polar surface area (TPSA) is 75.4 Å². The van der Waals surface area contributed by atoms with Crippen LogP contribution in [0.1, 0.15) is 25.7 Å². The zero-order valence-electron chi connectivity index (χ0n) is 10.4. The van der Waals surface area contributed by atoms with E-state index in [0.29, 0.717) is 11.6 Å². The van der Waals surface area contributed by atoms with Crippen LogP contribution >= 0.6 is 11.8 Å². The summed E-state index contributed by atoms with van der Waals surface area (Å²) in [5.74, 6) is 0.290. The summed E-state index contributed by atoms with van der Waals surface area (Å²) in [5, 5.41) is 13.1. The first-order chi connectivity index (χ1) is 8.69. The maximum atomic E-state index is 11.5. The third-order valence-corrected chi connectivity index (χ3v) is 4.64. The Morgan fingerprint density at radius 2 is 2.61 bits per heavy atom. The van der Waals surface area contributed by atoms with Crippen molar-refractivity contribution in [3.63, 3.8) is 0 Å². The average Bonchev–Trinajstić information content (AvgIpc) is 2.98. The zero-order chi connectivity index (χ0) is 13.0. The van der Waals surface area contributed by atoms with Crippen LogP contribution in [-0.2, 0) is 4.79 Å². The van der Waals surface area contributed by atoms with Crippen molar-refractivity contribution in [2.45, 2.75) is 36.4 Å². The Labute approximate surface area is 110 Å². The molecule has 5 nitrogen and oxygen atoms in total. The fourth-order valence-electron chi connectivity index (χ4n) is 2.76. The molecule has 0 saturated heterocycles. The van der Waals surface area contributed by atoms with E-state index in [2.05, 4.69) is 10.3 Å². The second-order valence-electron chi connectivity index (χ2n) is 4.55. The maximum absolute atomic E-state index is 11.5. The summed E-state index contributed by atoms with van der Waals surface area (Å²) in [4.78, 5) is 15.5. The maximum Gasteiger partial charge on any atom is 0.324 e. The Bertz CT molecular complexity index is 396. The summed E-state index contributed by atoms with van der Waals surface area (Å²) >= 11 is 1.54. The number of nitrogens with one attached hydrogen (secondary N) is 1. The standard InChI is InChI=1S/C12H18N2O3S/c1-13-12(10(15)16)5-2-3-9(12)4-8-18-11-14-6-7-17-11/h6-7,9,13H,2-5,8H2,1H3,(H,15,16). The Morgan fingerprint density at radius 3 is 3.22 bits per heavy atom. The lowest BCUT2D eigenvalue weighted by Gasteiger charge is -2.30. The molecule has 1 heterocycles. The number of likely N-dealkylation sites (N-methyl/N-ethyl adjacent to an activating group) is 1. The second-order valence-corrected chi connectivity index (χ2v) is 5.60. The summed E-state index contributed by atoms with van der Waals surface area (Å²) in [7, 11) is 1.74. The van der Waals surface area contributed by atoms with Crippen molar-refractivity contribution >= 4 is 17.7 Å². The lowest BCUT2D eigenvalue weighted by atomic mass is 9.85. The van der Waals surface area contributed by atoms with Crippen LogP contribution in [0.15, 0.2) is 22.1 Å². The van der Waals surface area contributed by atoms with Gasteiger partial charge in [0, 0.05) is 5.75 Å². The van der Waals surface area contributed by atoms with E-state index in [4.69, 9.17) is 4.42 Å². The summed E-state index contributed by atoms with van der Waals surface area (Å²) in [6.07, 6.45) is 6.69. The predicted molar refractivity (Wildman–Crippen MR) is 68.6 cm³/mol. The van der Waals surface area contributed by atoms with Gasteiger partial charge in [-0.15, -0.1) is 0 Å². The second kappa shape index (κ2) is 5.75. The van der Waals surface area contributed by atoms with E-state index >= 15 is 0 Å². The Morgan fingerprint density at radius 1 is 1.78 bits per heavy atom. The van der Waals surface area contributed by atoms with Crippen molar-refractivity contribution in [1.29, 1.82) is 0 Å². The van der Waals surface area contributed by atoms with Gasteiger partial charge in [-0.25, -0.2) is 4.98 Å². The van der Waals surface area contributed by atoms with Crippen LogP contribution in [0.5, 0.6) is 0 Å². The number of carboxylic acids is 1. The number of aliphatic carboxylic acids is 1. The number of thioether (sulfide) groups is 1. The van der Waals surface area contributed by atoms with Crippen LogP contribution in [0.2, 0.25) is 0 Å². The molecule has 1 fully saturated rings. The molecule has 0 bridgehead atoms. The molecule has 0 aliphatic heterocycles. The largest absolute Gasteiger partial charge is 0.480 e. The van der Waals surface area contributed by atoms with Crippen molar-refractivity contribution in [2.24, 2.45) is 5.92 Å². The van der Waals surface area contributed by atoms with Crippen molar-refractivity contribution in [3.05, 3.63) is 12.5 Å². The molecule has 0 amide bonds. The molecule has 0 radical (unpaired) electrons. The fourth-order valence-corrected chi connectivity index (χ4v) is 3.59. The first-order valence-electron chi connectivity index (χ1n) is 6.13. The highest BCUT2D eigenvalue weighted by Gasteiger charge is 2.47. The highest BCUT2D eigenvalue weighted by atomic mass is 32.2. The molecule has 0 aromatic carbocycles. The van der Waals surface area contributed by atoms with Gasteiger partial charge in [-0.2, -0.15) is 0 Å². The molecule has 6 heteroatoms. The van der Waals surface area contributed by atoms with Crippen molar-refractivity contribution in [2.75, 3.05) is 12.8 Å². The van der Waals surface area contributed by atoms with E-state index in [1.165, 1.54) is 11.8 Å². The molecule has 18 heavy (non-hydrogen) atoms. The molecular formula is C12H18N2O3S. The Balaban J connectivity index is 1.89. The number of hydrogen-bond donors (Lipinski definition) is 2. The summed E-state index contributed by atoms with van der Waals surface area (Å²) in [6, 6.07) is 0. The Hall–Kier alpha value is -1.01. The molecule has 1 saturated carbocycles. The molecule has 2 rings (SSSR count). The third kappa shape index (κ3) is 2.54. The number of aromatic nitrogens is 1. The number of rotatable bonds is 6. The van der Waals surface area contributed by atoms with Gasteiger partial charge in [0.15, 0.2) is 0 Å². The highest BCUT2D eigenvalue weighted by Crippen LogP contribution is 2.39. The van der Waals surface area contributed by atoms with Crippen molar-refractivity contribution in [3.8, 4) is 0 Å². The fraction of sp³-hybridized carbons (Fsp3) is 0.667. The van der Waals surface area contributed by atoms with E-state index in [9.17, 15) is 9.90 Å². The van der Waals surface area contributed by atoms with Gasteiger partial charge in [0.25, 0.3) is 5.22 Å². The summed E-state index contributed by atoms with van der Waals surface area (Å²) < 4.78 is 5.14. The van der Waals surface area contributed by atoms with E-state index in [-0.39, 0.29) is 5.92 Å². The average molecular weight is 270 g/mol. The molecule has 2 unspecified atom stereocenters. The molecule has 0 spiro atoms. The van der Waals surface area contributed by atoms with Crippen molar-refractivity contribution in [1.82, 2.24) is 10.3 Å². The van der Waals surface area contributed by atoms with E-state index in [1.807, 2.05) is 0 Å². The van der Waals surface area contributed by atoms with Crippen molar-refractivity contribution < 1.29 is 14.3 Å². The van der Waals surface area contributed by atoms with E-state index < -0.39 is 11.5 Å². The first-order valence-corrected chi connectivity index (χ1v) is 7.12. The number of hydrogen-bond acceptors (Lipinski definition) is 5. The number of carbonyl (C=O) groups is 1. The lowest BCUT2D eigenvalue weighted by molar-refractivity contribution is -0.146. The van der Waals surface area contributed by atoms with Gasteiger partial charge in [0.2, 0.25) is 0 Å². The smallest absolute Gasteiger partial charge is 0.324 e. The monoisotopic (exact) mass is 270 g/mol. The Kier molecular flexibility index (Phi) is 4.29. The van der Waals surface area contributed by atoms with Crippen LogP contribution in [0, 0.1) is 5.92 Å². The highest BCUT2D eigenvalue weighted by molar-refractivity contribution is 7.99. The molecule has 1 aliphatic carbocycles. The molecule has 2 N–H and O–H groups in total. The summed E-state index contributed by atoms with van der Waals surface area (Å²) in [5.41, 5.74) is -0.739. The van der Waals surface area contributed by atoms with Crippen LogP contribution in [0.25, 0.3) is 0 Å². The van der Waals surface area contributed by atoms with Gasteiger partial charge in [-0.3, -0.25) is 4.79 Å². The van der Waals surface area contributed by atoms with Crippen LogP contribution < -0.4 is 5.32 Å². The quantitative estimate of drug-likeness (QED) is 0.770. The van der Waals surface area contributed by atoms with Crippen LogP contribution in [0.4, 0.5) is 0 Å².